The SMILES string of the molecule is O=C(NCC(CO)Cc1ccccc1F)c1ccnc(Cl)c1. The number of rotatable bonds is 6. The van der Waals surface area contributed by atoms with E-state index in [-0.39, 0.29) is 35.9 Å². The van der Waals surface area contributed by atoms with Crippen LogP contribution in [0.1, 0.15) is 15.9 Å². The van der Waals surface area contributed by atoms with Crippen molar-refractivity contribution in [3.63, 3.8) is 0 Å². The van der Waals surface area contributed by atoms with Crippen LogP contribution in [0.15, 0.2) is 42.6 Å². The van der Waals surface area contributed by atoms with Crippen LogP contribution in [0.25, 0.3) is 0 Å². The molecule has 1 aromatic carbocycles. The average molecular weight is 323 g/mol. The summed E-state index contributed by atoms with van der Waals surface area (Å²) in [5.74, 6) is -0.886. The quantitative estimate of drug-likeness (QED) is 0.803. The Balaban J connectivity index is 1.94. The molecule has 0 fully saturated rings. The van der Waals surface area contributed by atoms with E-state index in [0.29, 0.717) is 17.5 Å². The number of amides is 1. The molecule has 0 spiro atoms. The minimum atomic E-state index is -0.312. The van der Waals surface area contributed by atoms with Crippen LogP contribution in [-0.4, -0.2) is 29.1 Å². The lowest BCUT2D eigenvalue weighted by Crippen LogP contribution is -2.32. The molecule has 1 atom stereocenters. The number of halogens is 2. The number of aromatic nitrogens is 1. The zero-order valence-corrected chi connectivity index (χ0v) is 12.6. The van der Waals surface area contributed by atoms with Crippen molar-refractivity contribution >= 4 is 17.5 Å². The maximum Gasteiger partial charge on any atom is 0.251 e. The van der Waals surface area contributed by atoms with Crippen LogP contribution in [0.4, 0.5) is 4.39 Å². The molecule has 0 saturated carbocycles. The molecule has 6 heteroatoms. The minimum absolute atomic E-state index is 0.147. The molecule has 1 aromatic heterocycles. The first-order chi connectivity index (χ1) is 10.6. The molecular formula is C16H16ClFN2O2. The Hall–Kier alpha value is -1.98. The second-order valence-corrected chi connectivity index (χ2v) is 5.31. The Kier molecular flexibility index (Phi) is 5.86. The number of aliphatic hydroxyl groups is 1. The minimum Gasteiger partial charge on any atom is -0.396 e. The van der Waals surface area contributed by atoms with Crippen LogP contribution in [-0.2, 0) is 6.42 Å². The fraction of sp³-hybridized carbons (Fsp3) is 0.250. The highest BCUT2D eigenvalue weighted by atomic mass is 35.5. The van der Waals surface area contributed by atoms with Gasteiger partial charge in [-0.25, -0.2) is 9.37 Å². The predicted octanol–water partition coefficient (Wildman–Crippen LogP) is 2.46. The third kappa shape index (κ3) is 4.51. The molecule has 0 saturated heterocycles. The number of nitrogens with zero attached hydrogens (tertiary/aromatic N) is 1. The lowest BCUT2D eigenvalue weighted by atomic mass is 9.99. The Labute approximate surface area is 133 Å². The van der Waals surface area contributed by atoms with Crippen molar-refractivity contribution in [2.45, 2.75) is 6.42 Å². The van der Waals surface area contributed by atoms with E-state index in [0.717, 1.165) is 0 Å². The number of aliphatic hydroxyl groups excluding tert-OH is 1. The van der Waals surface area contributed by atoms with Gasteiger partial charge in [0.2, 0.25) is 0 Å². The first kappa shape index (κ1) is 16.4. The normalized spacial score (nSPS) is 12.0. The lowest BCUT2D eigenvalue weighted by Gasteiger charge is -2.15. The van der Waals surface area contributed by atoms with Gasteiger partial charge in [-0.05, 0) is 30.2 Å². The van der Waals surface area contributed by atoms with E-state index >= 15 is 0 Å². The van der Waals surface area contributed by atoms with Crippen LogP contribution in [0.2, 0.25) is 5.15 Å². The molecule has 116 valence electrons. The maximum atomic E-state index is 13.6. The summed E-state index contributed by atoms with van der Waals surface area (Å²) in [6.45, 7) is 0.0926. The van der Waals surface area contributed by atoms with Crippen molar-refractivity contribution in [2.24, 2.45) is 5.92 Å². The van der Waals surface area contributed by atoms with Gasteiger partial charge in [-0.1, -0.05) is 29.8 Å². The Bertz CT molecular complexity index is 652. The molecule has 22 heavy (non-hydrogen) atoms. The van der Waals surface area contributed by atoms with Gasteiger partial charge >= 0.3 is 0 Å². The number of benzene rings is 1. The van der Waals surface area contributed by atoms with Crippen LogP contribution in [0.5, 0.6) is 0 Å². The Morgan fingerprint density at radius 1 is 1.36 bits per heavy atom. The summed E-state index contributed by atoms with van der Waals surface area (Å²) in [6.07, 6.45) is 1.79. The number of nitrogens with one attached hydrogen (secondary N) is 1. The van der Waals surface area contributed by atoms with Gasteiger partial charge in [0.25, 0.3) is 5.91 Å². The largest absolute Gasteiger partial charge is 0.396 e. The fourth-order valence-corrected chi connectivity index (χ4v) is 2.23. The van der Waals surface area contributed by atoms with Crippen molar-refractivity contribution in [1.29, 1.82) is 0 Å². The molecule has 1 unspecified atom stereocenters. The van der Waals surface area contributed by atoms with Gasteiger partial charge < -0.3 is 10.4 Å². The molecule has 4 nitrogen and oxygen atoms in total. The van der Waals surface area contributed by atoms with Crippen molar-refractivity contribution in [3.8, 4) is 0 Å². The Morgan fingerprint density at radius 3 is 2.82 bits per heavy atom. The van der Waals surface area contributed by atoms with E-state index in [1.165, 1.54) is 18.3 Å². The van der Waals surface area contributed by atoms with Gasteiger partial charge in [0, 0.05) is 30.8 Å². The zero-order chi connectivity index (χ0) is 15.9. The summed E-state index contributed by atoms with van der Waals surface area (Å²) in [7, 11) is 0. The predicted molar refractivity (Wildman–Crippen MR) is 82.3 cm³/mol. The van der Waals surface area contributed by atoms with E-state index in [9.17, 15) is 14.3 Å². The van der Waals surface area contributed by atoms with E-state index in [4.69, 9.17) is 11.6 Å². The number of hydrogen-bond acceptors (Lipinski definition) is 3. The summed E-state index contributed by atoms with van der Waals surface area (Å²) >= 11 is 5.73. The van der Waals surface area contributed by atoms with Gasteiger partial charge in [0.15, 0.2) is 0 Å². The van der Waals surface area contributed by atoms with Crippen molar-refractivity contribution in [3.05, 3.63) is 64.7 Å². The third-order valence-corrected chi connectivity index (χ3v) is 3.47. The van der Waals surface area contributed by atoms with E-state index in [2.05, 4.69) is 10.3 Å². The van der Waals surface area contributed by atoms with Crippen molar-refractivity contribution in [2.75, 3.05) is 13.2 Å². The van der Waals surface area contributed by atoms with Crippen LogP contribution >= 0.6 is 11.6 Å². The van der Waals surface area contributed by atoms with Gasteiger partial charge in [0.1, 0.15) is 11.0 Å². The average Bonchev–Trinajstić information content (AvgIpc) is 2.52. The molecular weight excluding hydrogens is 307 g/mol. The number of pyridine rings is 1. The van der Waals surface area contributed by atoms with E-state index in [1.54, 1.807) is 24.3 Å². The van der Waals surface area contributed by atoms with Crippen LogP contribution in [0, 0.1) is 11.7 Å². The molecule has 2 aromatic rings. The van der Waals surface area contributed by atoms with Crippen molar-refractivity contribution < 1.29 is 14.3 Å². The van der Waals surface area contributed by atoms with Crippen LogP contribution < -0.4 is 5.32 Å². The Morgan fingerprint density at radius 2 is 2.14 bits per heavy atom. The second kappa shape index (κ2) is 7.87. The number of carbonyl (C=O) groups excluding carboxylic acids is 1. The molecule has 2 N–H and O–H groups in total. The fourth-order valence-electron chi connectivity index (χ4n) is 2.06. The topological polar surface area (TPSA) is 62.2 Å². The number of carbonyl (C=O) groups is 1. The number of hydrogen-bond donors (Lipinski definition) is 2. The van der Waals surface area contributed by atoms with Gasteiger partial charge in [-0.3, -0.25) is 4.79 Å². The van der Waals surface area contributed by atoms with Gasteiger partial charge in [-0.15, -0.1) is 0 Å². The molecule has 0 bridgehead atoms. The summed E-state index contributed by atoms with van der Waals surface area (Å²) < 4.78 is 13.6. The molecule has 2 rings (SSSR count). The highest BCUT2D eigenvalue weighted by Crippen LogP contribution is 2.13. The summed E-state index contributed by atoms with van der Waals surface area (Å²) in [5.41, 5.74) is 0.908. The second-order valence-electron chi connectivity index (χ2n) is 4.92. The molecule has 0 radical (unpaired) electrons. The maximum absolute atomic E-state index is 13.6. The van der Waals surface area contributed by atoms with Gasteiger partial charge in [-0.2, -0.15) is 0 Å². The third-order valence-electron chi connectivity index (χ3n) is 3.26. The molecule has 1 heterocycles. The van der Waals surface area contributed by atoms with Gasteiger partial charge in [0.05, 0.1) is 0 Å². The molecule has 0 aliphatic rings. The lowest BCUT2D eigenvalue weighted by molar-refractivity contribution is 0.0940. The standard InChI is InChI=1S/C16H16ClFN2O2/c17-15-8-13(5-6-19-15)16(22)20-9-11(10-21)7-12-3-1-2-4-14(12)18/h1-6,8,11,21H,7,9-10H2,(H,20,22). The summed E-state index contributed by atoms with van der Waals surface area (Å²) in [4.78, 5) is 15.8. The van der Waals surface area contributed by atoms with E-state index < -0.39 is 0 Å². The first-order valence-corrected chi connectivity index (χ1v) is 7.22. The monoisotopic (exact) mass is 322 g/mol. The first-order valence-electron chi connectivity index (χ1n) is 6.84. The summed E-state index contributed by atoms with van der Waals surface area (Å²) in [5, 5.41) is 12.3. The van der Waals surface area contributed by atoms with E-state index in [1.807, 2.05) is 0 Å². The van der Waals surface area contributed by atoms with Crippen molar-refractivity contribution in [1.82, 2.24) is 10.3 Å². The highest BCUT2D eigenvalue weighted by molar-refractivity contribution is 6.29. The smallest absolute Gasteiger partial charge is 0.251 e. The van der Waals surface area contributed by atoms with Crippen LogP contribution in [0.3, 0.4) is 0 Å². The zero-order valence-electron chi connectivity index (χ0n) is 11.8. The summed E-state index contributed by atoms with van der Waals surface area (Å²) in [6, 6.07) is 9.41. The molecule has 0 aliphatic heterocycles. The highest BCUT2D eigenvalue weighted by Gasteiger charge is 2.14. The molecule has 0 aliphatic carbocycles. The molecule has 1 amide bonds.